The van der Waals surface area contributed by atoms with E-state index in [1.165, 1.54) is 0 Å². The van der Waals surface area contributed by atoms with Crippen molar-refractivity contribution in [3.63, 3.8) is 0 Å². The molecule has 0 radical (unpaired) electrons. The molecule has 1 aromatic rings. The van der Waals surface area contributed by atoms with Gasteiger partial charge in [0.15, 0.2) is 0 Å². The first-order valence-corrected chi connectivity index (χ1v) is 6.30. The van der Waals surface area contributed by atoms with Gasteiger partial charge in [-0.15, -0.1) is 5.10 Å². The number of hydrogen-bond acceptors (Lipinski definition) is 5. The molecule has 17 heavy (non-hydrogen) atoms. The van der Waals surface area contributed by atoms with E-state index >= 15 is 0 Å². The maximum atomic E-state index is 5.95. The van der Waals surface area contributed by atoms with Gasteiger partial charge in [0, 0.05) is 12.6 Å². The second-order valence-electron chi connectivity index (χ2n) is 4.52. The lowest BCUT2D eigenvalue weighted by Crippen LogP contribution is -2.34. The summed E-state index contributed by atoms with van der Waals surface area (Å²) in [6.45, 7) is 9.01. The molecule has 96 valence electrons. The Kier molecular flexibility index (Phi) is 5.28. The third-order valence-electron chi connectivity index (χ3n) is 2.86. The van der Waals surface area contributed by atoms with Gasteiger partial charge in [0.25, 0.3) is 0 Å². The summed E-state index contributed by atoms with van der Waals surface area (Å²) < 4.78 is 0. The number of aromatic nitrogens is 3. The molecule has 1 aromatic heterocycles. The van der Waals surface area contributed by atoms with Crippen LogP contribution >= 0.6 is 0 Å². The number of hydrogen-bond donors (Lipinski definition) is 2. The third-order valence-corrected chi connectivity index (χ3v) is 2.86. The molecule has 0 aliphatic heterocycles. The number of nitrogens with zero attached hydrogens (tertiary/aromatic N) is 3. The number of rotatable bonds is 6. The van der Waals surface area contributed by atoms with E-state index in [1.807, 2.05) is 0 Å². The maximum Gasteiger partial charge on any atom is 0.243 e. The summed E-state index contributed by atoms with van der Waals surface area (Å²) in [4.78, 5) is 4.45. The highest BCUT2D eigenvalue weighted by Crippen LogP contribution is 2.07. The van der Waals surface area contributed by atoms with E-state index in [-0.39, 0.29) is 6.04 Å². The van der Waals surface area contributed by atoms with Gasteiger partial charge in [-0.3, -0.25) is 0 Å². The van der Waals surface area contributed by atoms with Crippen molar-refractivity contribution in [2.45, 2.75) is 46.6 Å². The van der Waals surface area contributed by atoms with Crippen LogP contribution in [0.1, 0.15) is 39.1 Å². The third kappa shape index (κ3) is 3.93. The molecule has 5 nitrogen and oxygen atoms in total. The van der Waals surface area contributed by atoms with Gasteiger partial charge in [-0.05, 0) is 18.8 Å². The summed E-state index contributed by atoms with van der Waals surface area (Å²) in [7, 11) is 0. The van der Waals surface area contributed by atoms with Gasteiger partial charge in [0.05, 0.1) is 11.4 Å². The van der Waals surface area contributed by atoms with Gasteiger partial charge in [0.2, 0.25) is 5.95 Å². The first kappa shape index (κ1) is 13.8. The fourth-order valence-electron chi connectivity index (χ4n) is 1.46. The number of anilines is 1. The first-order chi connectivity index (χ1) is 8.08. The highest BCUT2D eigenvalue weighted by molar-refractivity contribution is 5.26. The Morgan fingerprint density at radius 3 is 2.29 bits per heavy atom. The Balaban J connectivity index is 2.66. The van der Waals surface area contributed by atoms with Crippen molar-refractivity contribution in [2.75, 3.05) is 11.9 Å². The zero-order valence-electron chi connectivity index (χ0n) is 11.2. The van der Waals surface area contributed by atoms with Crippen molar-refractivity contribution in [1.29, 1.82) is 0 Å². The number of aryl methyl sites for hydroxylation is 2. The molecule has 1 rings (SSSR count). The zero-order chi connectivity index (χ0) is 12.8. The topological polar surface area (TPSA) is 76.7 Å². The molecule has 0 aromatic carbocycles. The van der Waals surface area contributed by atoms with Gasteiger partial charge in [-0.25, -0.2) is 4.98 Å². The smallest absolute Gasteiger partial charge is 0.243 e. The lowest BCUT2D eigenvalue weighted by Gasteiger charge is -2.16. The van der Waals surface area contributed by atoms with Crippen molar-refractivity contribution in [1.82, 2.24) is 15.2 Å². The van der Waals surface area contributed by atoms with Crippen LogP contribution in [0.25, 0.3) is 0 Å². The Hall–Kier alpha value is -1.23. The van der Waals surface area contributed by atoms with E-state index in [0.717, 1.165) is 24.2 Å². The van der Waals surface area contributed by atoms with Crippen LogP contribution in [0.15, 0.2) is 0 Å². The minimum Gasteiger partial charge on any atom is -0.351 e. The molecule has 0 saturated heterocycles. The fraction of sp³-hybridized carbons (Fsp3) is 0.750. The van der Waals surface area contributed by atoms with E-state index in [2.05, 4.69) is 48.2 Å². The van der Waals surface area contributed by atoms with Gasteiger partial charge in [0.1, 0.15) is 0 Å². The van der Waals surface area contributed by atoms with Crippen LogP contribution in [0.2, 0.25) is 0 Å². The van der Waals surface area contributed by atoms with Gasteiger partial charge >= 0.3 is 0 Å². The van der Waals surface area contributed by atoms with Crippen molar-refractivity contribution in [2.24, 2.45) is 11.7 Å². The molecule has 0 aliphatic carbocycles. The van der Waals surface area contributed by atoms with Gasteiger partial charge in [-0.1, -0.05) is 27.7 Å². The SMILES string of the molecule is CCc1nnc(NCC(N)C(C)C)nc1CC. The summed E-state index contributed by atoms with van der Waals surface area (Å²) in [5.41, 5.74) is 7.95. The standard InChI is InChI=1S/C12H23N5/c1-5-10-11(6-2)16-17-12(15-10)14-7-9(13)8(3)4/h8-9H,5-7,13H2,1-4H3,(H,14,15,17). The molecule has 1 unspecified atom stereocenters. The normalized spacial score (nSPS) is 12.8. The lowest BCUT2D eigenvalue weighted by atomic mass is 10.1. The van der Waals surface area contributed by atoms with E-state index in [9.17, 15) is 0 Å². The average Bonchev–Trinajstić information content (AvgIpc) is 2.35. The van der Waals surface area contributed by atoms with Crippen molar-refractivity contribution in [3.05, 3.63) is 11.4 Å². The summed E-state index contributed by atoms with van der Waals surface area (Å²) in [6, 6.07) is 0.106. The Morgan fingerprint density at radius 1 is 1.12 bits per heavy atom. The van der Waals surface area contributed by atoms with Crippen LogP contribution in [0.5, 0.6) is 0 Å². The molecule has 0 bridgehead atoms. The lowest BCUT2D eigenvalue weighted by molar-refractivity contribution is 0.510. The first-order valence-electron chi connectivity index (χ1n) is 6.30. The van der Waals surface area contributed by atoms with Crippen molar-refractivity contribution >= 4 is 5.95 Å². The van der Waals surface area contributed by atoms with Crippen molar-refractivity contribution in [3.8, 4) is 0 Å². The minimum absolute atomic E-state index is 0.106. The molecular formula is C12H23N5. The number of nitrogens with one attached hydrogen (secondary N) is 1. The second-order valence-corrected chi connectivity index (χ2v) is 4.52. The molecule has 1 atom stereocenters. The summed E-state index contributed by atoms with van der Waals surface area (Å²) >= 11 is 0. The largest absolute Gasteiger partial charge is 0.351 e. The molecule has 3 N–H and O–H groups in total. The van der Waals surface area contributed by atoms with Crippen LogP contribution < -0.4 is 11.1 Å². The van der Waals surface area contributed by atoms with Gasteiger partial charge in [-0.2, -0.15) is 5.10 Å². The monoisotopic (exact) mass is 237 g/mol. The summed E-state index contributed by atoms with van der Waals surface area (Å²) in [5, 5.41) is 11.4. The molecule has 0 spiro atoms. The van der Waals surface area contributed by atoms with E-state index in [4.69, 9.17) is 5.73 Å². The van der Waals surface area contributed by atoms with Crippen LogP contribution in [0.3, 0.4) is 0 Å². The Labute approximate surface area is 103 Å². The van der Waals surface area contributed by atoms with E-state index < -0.39 is 0 Å². The molecule has 0 saturated carbocycles. The molecule has 5 heteroatoms. The second kappa shape index (κ2) is 6.49. The summed E-state index contributed by atoms with van der Waals surface area (Å²) in [5.74, 6) is 1.02. The van der Waals surface area contributed by atoms with E-state index in [1.54, 1.807) is 0 Å². The van der Waals surface area contributed by atoms with Gasteiger partial charge < -0.3 is 11.1 Å². The average molecular weight is 237 g/mol. The summed E-state index contributed by atoms with van der Waals surface area (Å²) in [6.07, 6.45) is 1.75. The minimum atomic E-state index is 0.106. The molecular weight excluding hydrogens is 214 g/mol. The zero-order valence-corrected chi connectivity index (χ0v) is 11.2. The predicted octanol–water partition coefficient (Wildman–Crippen LogP) is 1.39. The highest BCUT2D eigenvalue weighted by Gasteiger charge is 2.09. The number of nitrogens with two attached hydrogens (primary N) is 1. The van der Waals surface area contributed by atoms with Crippen LogP contribution in [0, 0.1) is 5.92 Å². The van der Waals surface area contributed by atoms with Crippen LogP contribution in [-0.4, -0.2) is 27.8 Å². The Morgan fingerprint density at radius 2 is 1.76 bits per heavy atom. The molecule has 1 heterocycles. The molecule has 0 fully saturated rings. The Bertz CT molecular complexity index is 351. The van der Waals surface area contributed by atoms with E-state index in [0.29, 0.717) is 18.4 Å². The maximum absolute atomic E-state index is 5.95. The molecule has 0 amide bonds. The van der Waals surface area contributed by atoms with Crippen LogP contribution in [-0.2, 0) is 12.8 Å². The fourth-order valence-corrected chi connectivity index (χ4v) is 1.46. The van der Waals surface area contributed by atoms with Crippen LogP contribution in [0.4, 0.5) is 5.95 Å². The predicted molar refractivity (Wildman–Crippen MR) is 69.9 cm³/mol. The quantitative estimate of drug-likeness (QED) is 0.782. The molecule has 0 aliphatic rings. The van der Waals surface area contributed by atoms with Crippen molar-refractivity contribution < 1.29 is 0 Å². The highest BCUT2D eigenvalue weighted by atomic mass is 15.2.